The minimum atomic E-state index is 0.613. The predicted molar refractivity (Wildman–Crippen MR) is 79.0 cm³/mol. The van der Waals surface area contributed by atoms with Gasteiger partial charge in [0.15, 0.2) is 0 Å². The van der Waals surface area contributed by atoms with Crippen molar-refractivity contribution in [3.63, 3.8) is 0 Å². The van der Waals surface area contributed by atoms with Gasteiger partial charge in [-0.05, 0) is 25.5 Å². The Morgan fingerprint density at radius 1 is 1.05 bits per heavy atom. The van der Waals surface area contributed by atoms with Crippen molar-refractivity contribution in [3.05, 3.63) is 45.8 Å². The normalized spacial score (nSPS) is 15.4. The number of benzene rings is 1. The lowest BCUT2D eigenvalue weighted by atomic mass is 10.00. The quantitative estimate of drug-likeness (QED) is 0.772. The van der Waals surface area contributed by atoms with Crippen LogP contribution < -0.4 is 10.4 Å². The molecule has 2 nitrogen and oxygen atoms in total. The van der Waals surface area contributed by atoms with E-state index in [4.69, 9.17) is 9.47 Å². The van der Waals surface area contributed by atoms with Crippen LogP contribution in [0.3, 0.4) is 0 Å². The molecule has 19 heavy (non-hydrogen) atoms. The molecule has 0 bridgehead atoms. The van der Waals surface area contributed by atoms with Crippen molar-refractivity contribution in [2.75, 3.05) is 20.3 Å². The van der Waals surface area contributed by atoms with Crippen LogP contribution in [0.2, 0.25) is 0 Å². The van der Waals surface area contributed by atoms with Crippen LogP contribution in [-0.2, 0) is 9.47 Å². The third-order valence-electron chi connectivity index (χ3n) is 3.60. The van der Waals surface area contributed by atoms with Crippen LogP contribution in [0.25, 0.3) is 11.8 Å². The van der Waals surface area contributed by atoms with Gasteiger partial charge in [0.1, 0.15) is 12.4 Å². The second-order valence-electron chi connectivity index (χ2n) is 4.96. The fraction of sp³-hybridized carbons (Fsp3) is 0.412. The molecular formula is C17H22O2. The summed E-state index contributed by atoms with van der Waals surface area (Å²) >= 11 is 0. The van der Waals surface area contributed by atoms with E-state index in [1.54, 1.807) is 7.11 Å². The van der Waals surface area contributed by atoms with Crippen LogP contribution in [0.15, 0.2) is 35.4 Å². The van der Waals surface area contributed by atoms with Crippen LogP contribution >= 0.6 is 0 Å². The van der Waals surface area contributed by atoms with Gasteiger partial charge in [-0.3, -0.25) is 0 Å². The number of fused-ring (bicyclic) bond motifs is 1. The lowest BCUT2D eigenvalue weighted by Gasteiger charge is -2.14. The number of methoxy groups -OCH3 is 1. The summed E-state index contributed by atoms with van der Waals surface area (Å²) in [6.07, 6.45) is 4.26. The van der Waals surface area contributed by atoms with E-state index in [-0.39, 0.29) is 0 Å². The molecule has 0 saturated carbocycles. The van der Waals surface area contributed by atoms with Gasteiger partial charge in [0, 0.05) is 18.7 Å². The maximum Gasteiger partial charge on any atom is 0.111 e. The summed E-state index contributed by atoms with van der Waals surface area (Å²) in [5.74, 6) is 1.08. The van der Waals surface area contributed by atoms with Crippen molar-refractivity contribution < 1.29 is 9.47 Å². The summed E-state index contributed by atoms with van der Waals surface area (Å²) in [6.45, 7) is 5.63. The summed E-state index contributed by atoms with van der Waals surface area (Å²) < 4.78 is 11.0. The lowest BCUT2D eigenvalue weighted by molar-refractivity contribution is 0.129. The molecule has 102 valence electrons. The standard InChI is InChI=1S/C17H22O2/c1-13-8-9-17(19-11-10-18-3)16-7-5-4-6-15(16)12-14(13)2/h4-7,12H,8-11H2,1-3H3. The summed E-state index contributed by atoms with van der Waals surface area (Å²) in [7, 11) is 1.70. The van der Waals surface area contributed by atoms with Crippen LogP contribution in [-0.4, -0.2) is 20.3 Å². The third kappa shape index (κ3) is 3.48. The monoisotopic (exact) mass is 258 g/mol. The SMILES string of the molecule is COCCOC1=c2ccccc2=CC(C)=C(C)CC1. The molecule has 0 amide bonds. The fourth-order valence-corrected chi connectivity index (χ4v) is 2.26. The van der Waals surface area contributed by atoms with E-state index in [2.05, 4.69) is 44.2 Å². The van der Waals surface area contributed by atoms with E-state index in [1.807, 2.05) is 0 Å². The summed E-state index contributed by atoms with van der Waals surface area (Å²) in [4.78, 5) is 0. The van der Waals surface area contributed by atoms with Gasteiger partial charge in [0.05, 0.1) is 6.61 Å². The average molecular weight is 258 g/mol. The Labute approximate surface area is 115 Å². The summed E-state index contributed by atoms with van der Waals surface area (Å²) in [6, 6.07) is 8.44. The molecule has 0 aromatic heterocycles. The Morgan fingerprint density at radius 2 is 1.84 bits per heavy atom. The Bertz CT molecular complexity index is 582. The number of rotatable bonds is 4. The molecule has 1 aliphatic rings. The van der Waals surface area contributed by atoms with Gasteiger partial charge >= 0.3 is 0 Å². The molecule has 1 aromatic carbocycles. The summed E-state index contributed by atoms with van der Waals surface area (Å²) in [5.41, 5.74) is 2.80. The molecule has 0 saturated heterocycles. The van der Waals surface area contributed by atoms with Crippen molar-refractivity contribution in [3.8, 4) is 0 Å². The first-order valence-corrected chi connectivity index (χ1v) is 6.80. The molecule has 0 aliphatic heterocycles. The van der Waals surface area contributed by atoms with E-state index in [9.17, 15) is 0 Å². The first-order chi connectivity index (χ1) is 9.22. The minimum absolute atomic E-state index is 0.613. The highest BCUT2D eigenvalue weighted by atomic mass is 16.5. The van der Waals surface area contributed by atoms with E-state index >= 15 is 0 Å². The maximum atomic E-state index is 5.92. The second-order valence-corrected chi connectivity index (χ2v) is 4.96. The van der Waals surface area contributed by atoms with Gasteiger partial charge < -0.3 is 9.47 Å². The van der Waals surface area contributed by atoms with Gasteiger partial charge in [-0.25, -0.2) is 0 Å². The van der Waals surface area contributed by atoms with Crippen molar-refractivity contribution in [1.29, 1.82) is 0 Å². The highest BCUT2D eigenvalue weighted by Crippen LogP contribution is 2.17. The Morgan fingerprint density at radius 3 is 2.63 bits per heavy atom. The van der Waals surface area contributed by atoms with Crippen LogP contribution in [0.5, 0.6) is 0 Å². The molecule has 0 atom stereocenters. The lowest BCUT2D eigenvalue weighted by Crippen LogP contribution is -2.28. The largest absolute Gasteiger partial charge is 0.495 e. The van der Waals surface area contributed by atoms with Gasteiger partial charge in [-0.1, -0.05) is 41.5 Å². The highest BCUT2D eigenvalue weighted by Gasteiger charge is 2.06. The van der Waals surface area contributed by atoms with Crippen LogP contribution in [0.1, 0.15) is 26.7 Å². The molecule has 1 aromatic rings. The molecule has 0 fully saturated rings. The maximum absolute atomic E-state index is 5.92. The number of hydrogen-bond donors (Lipinski definition) is 0. The molecule has 0 spiro atoms. The molecule has 2 heteroatoms. The minimum Gasteiger partial charge on any atom is -0.495 e. The molecule has 0 unspecified atom stereocenters. The first-order valence-electron chi connectivity index (χ1n) is 6.80. The Kier molecular flexibility index (Phi) is 4.80. The number of hydrogen-bond acceptors (Lipinski definition) is 2. The average Bonchev–Trinajstić information content (AvgIpc) is 2.42. The zero-order valence-electron chi connectivity index (χ0n) is 12.0. The molecular weight excluding hydrogens is 236 g/mol. The van der Waals surface area contributed by atoms with Gasteiger partial charge in [0.2, 0.25) is 0 Å². The summed E-state index contributed by atoms with van der Waals surface area (Å²) in [5, 5.41) is 2.46. The van der Waals surface area contributed by atoms with E-state index in [0.29, 0.717) is 13.2 Å². The van der Waals surface area contributed by atoms with E-state index in [1.165, 1.54) is 21.6 Å². The van der Waals surface area contributed by atoms with Gasteiger partial charge in [0.25, 0.3) is 0 Å². The molecule has 0 N–H and O–H groups in total. The predicted octanol–water partition coefficient (Wildman–Crippen LogP) is 2.37. The Balaban J connectivity index is 2.47. The number of ether oxygens (including phenoxy) is 2. The third-order valence-corrected chi connectivity index (χ3v) is 3.60. The first kappa shape index (κ1) is 13.9. The van der Waals surface area contributed by atoms with Crippen LogP contribution in [0.4, 0.5) is 0 Å². The van der Waals surface area contributed by atoms with Crippen molar-refractivity contribution in [1.82, 2.24) is 0 Å². The smallest absolute Gasteiger partial charge is 0.111 e. The van der Waals surface area contributed by atoms with Gasteiger partial charge in [-0.15, -0.1) is 0 Å². The molecule has 1 aliphatic carbocycles. The molecule has 0 radical (unpaired) electrons. The Hall–Kier alpha value is -1.54. The zero-order chi connectivity index (χ0) is 13.7. The van der Waals surface area contributed by atoms with E-state index < -0.39 is 0 Å². The van der Waals surface area contributed by atoms with Crippen LogP contribution in [0, 0.1) is 0 Å². The van der Waals surface area contributed by atoms with Gasteiger partial charge in [-0.2, -0.15) is 0 Å². The zero-order valence-corrected chi connectivity index (χ0v) is 12.0. The second kappa shape index (κ2) is 6.58. The topological polar surface area (TPSA) is 18.5 Å². The number of allylic oxidation sites excluding steroid dienone is 2. The van der Waals surface area contributed by atoms with Crippen molar-refractivity contribution in [2.45, 2.75) is 26.7 Å². The van der Waals surface area contributed by atoms with Crippen molar-refractivity contribution >= 4 is 11.8 Å². The fourth-order valence-electron chi connectivity index (χ4n) is 2.26. The van der Waals surface area contributed by atoms with E-state index in [0.717, 1.165) is 18.6 Å². The molecule has 0 heterocycles. The molecule has 2 rings (SSSR count). The highest BCUT2D eigenvalue weighted by molar-refractivity contribution is 5.52. The van der Waals surface area contributed by atoms with Crippen molar-refractivity contribution in [2.24, 2.45) is 0 Å².